The number of hydrogen-bond donors (Lipinski definition) is 1. The number of rotatable bonds is 7. The molecule has 0 bridgehead atoms. The van der Waals surface area contributed by atoms with Gasteiger partial charge in [-0.05, 0) is 56.2 Å². The van der Waals surface area contributed by atoms with Gasteiger partial charge in [0.25, 0.3) is 0 Å². The molecular formula is C29H35ClN4O3. The summed E-state index contributed by atoms with van der Waals surface area (Å²) < 4.78 is 7.56. The Morgan fingerprint density at radius 2 is 1.89 bits per heavy atom. The van der Waals surface area contributed by atoms with Crippen LogP contribution < -0.4 is 5.32 Å². The van der Waals surface area contributed by atoms with Gasteiger partial charge in [0.15, 0.2) is 0 Å². The van der Waals surface area contributed by atoms with Crippen LogP contribution in [0.3, 0.4) is 0 Å². The quantitative estimate of drug-likeness (QED) is 0.458. The van der Waals surface area contributed by atoms with Crippen LogP contribution in [-0.4, -0.2) is 51.9 Å². The molecule has 196 valence electrons. The van der Waals surface area contributed by atoms with E-state index in [1.54, 1.807) is 0 Å². The van der Waals surface area contributed by atoms with Crippen molar-refractivity contribution in [2.45, 2.75) is 58.0 Å². The van der Waals surface area contributed by atoms with Gasteiger partial charge in [-0.1, -0.05) is 43.6 Å². The molecule has 0 unspecified atom stereocenters. The fraction of sp³-hybridized carbons (Fsp3) is 0.483. The van der Waals surface area contributed by atoms with Gasteiger partial charge in [0.2, 0.25) is 11.8 Å². The van der Waals surface area contributed by atoms with E-state index in [0.717, 1.165) is 54.6 Å². The van der Waals surface area contributed by atoms with Crippen LogP contribution in [0, 0.1) is 11.8 Å². The van der Waals surface area contributed by atoms with Crippen LogP contribution >= 0.6 is 11.6 Å². The van der Waals surface area contributed by atoms with Crippen molar-refractivity contribution < 1.29 is 14.3 Å². The Morgan fingerprint density at radius 1 is 1.14 bits per heavy atom. The van der Waals surface area contributed by atoms with E-state index >= 15 is 0 Å². The molecule has 0 radical (unpaired) electrons. The van der Waals surface area contributed by atoms with E-state index in [1.807, 2.05) is 71.9 Å². The van der Waals surface area contributed by atoms with Crippen molar-refractivity contribution in [3.05, 3.63) is 59.5 Å². The maximum atomic E-state index is 14.0. The van der Waals surface area contributed by atoms with Crippen LogP contribution in [0.25, 0.3) is 16.8 Å². The monoisotopic (exact) mass is 522 g/mol. The van der Waals surface area contributed by atoms with Crippen LogP contribution in [0.1, 0.15) is 57.7 Å². The van der Waals surface area contributed by atoms with Crippen molar-refractivity contribution in [2.24, 2.45) is 11.8 Å². The van der Waals surface area contributed by atoms with Crippen molar-refractivity contribution in [2.75, 3.05) is 19.8 Å². The first-order valence-corrected chi connectivity index (χ1v) is 13.8. The Kier molecular flexibility index (Phi) is 7.81. The van der Waals surface area contributed by atoms with Gasteiger partial charge in [0.05, 0.1) is 11.7 Å². The zero-order valence-corrected chi connectivity index (χ0v) is 22.3. The summed E-state index contributed by atoms with van der Waals surface area (Å²) in [5.74, 6) is -0.121. The largest absolute Gasteiger partial charge is 0.381 e. The first-order valence-electron chi connectivity index (χ1n) is 13.4. The number of imidazole rings is 1. The summed E-state index contributed by atoms with van der Waals surface area (Å²) in [5, 5.41) is 3.80. The Labute approximate surface area is 223 Å². The number of ether oxygens (including phenoxy) is 1. The Bertz CT molecular complexity index is 1270. The Morgan fingerprint density at radius 3 is 2.65 bits per heavy atom. The minimum Gasteiger partial charge on any atom is -0.381 e. The third-order valence-electron chi connectivity index (χ3n) is 7.90. The summed E-state index contributed by atoms with van der Waals surface area (Å²) in [4.78, 5) is 33.9. The fourth-order valence-corrected chi connectivity index (χ4v) is 5.75. The number of hydrogen-bond acceptors (Lipinski definition) is 4. The highest BCUT2D eigenvalue weighted by Crippen LogP contribution is 2.36. The van der Waals surface area contributed by atoms with Crippen molar-refractivity contribution in [1.29, 1.82) is 0 Å². The summed E-state index contributed by atoms with van der Waals surface area (Å²) in [6.45, 7) is 5.80. The molecule has 5 rings (SSSR count). The fourth-order valence-electron chi connectivity index (χ4n) is 5.51. The van der Waals surface area contributed by atoms with Crippen molar-refractivity contribution in [1.82, 2.24) is 19.6 Å². The number of fused-ring (bicyclic) bond motifs is 1. The molecule has 0 aliphatic carbocycles. The third-order valence-corrected chi connectivity index (χ3v) is 8.23. The molecule has 2 amide bonds. The number of pyridine rings is 1. The summed E-state index contributed by atoms with van der Waals surface area (Å²) in [5.41, 5.74) is 3.56. The van der Waals surface area contributed by atoms with Crippen molar-refractivity contribution in [3.63, 3.8) is 0 Å². The molecule has 0 saturated carbocycles. The maximum Gasteiger partial charge on any atom is 0.246 e. The highest BCUT2D eigenvalue weighted by Gasteiger charge is 2.40. The lowest BCUT2D eigenvalue weighted by Gasteiger charge is -2.35. The van der Waals surface area contributed by atoms with Gasteiger partial charge in [0.1, 0.15) is 11.7 Å². The molecule has 7 nitrogen and oxygen atoms in total. The zero-order valence-electron chi connectivity index (χ0n) is 21.5. The lowest BCUT2D eigenvalue weighted by molar-refractivity contribution is -0.140. The Balaban J connectivity index is 1.45. The van der Waals surface area contributed by atoms with Crippen LogP contribution in [0.5, 0.6) is 0 Å². The lowest BCUT2D eigenvalue weighted by atomic mass is 9.90. The first kappa shape index (κ1) is 25.7. The van der Waals surface area contributed by atoms with E-state index in [2.05, 4.69) is 5.32 Å². The minimum atomic E-state index is -0.540. The molecule has 1 N–H and O–H groups in total. The topological polar surface area (TPSA) is 75.9 Å². The number of halogens is 1. The second-order valence-corrected chi connectivity index (χ2v) is 10.6. The van der Waals surface area contributed by atoms with Gasteiger partial charge in [0, 0.05) is 54.2 Å². The number of carbonyl (C=O) groups excluding carboxylic acids is 2. The van der Waals surface area contributed by atoms with E-state index in [-0.39, 0.29) is 29.7 Å². The highest BCUT2D eigenvalue weighted by atomic mass is 35.5. The number of aromatic nitrogens is 2. The summed E-state index contributed by atoms with van der Waals surface area (Å²) in [7, 11) is 0. The molecule has 2 saturated heterocycles. The molecule has 3 aromatic rings. The van der Waals surface area contributed by atoms with Gasteiger partial charge in [-0.2, -0.15) is 0 Å². The SMILES string of the molecule is CC[C@@H](C)C(=O)N[C@H](C(=O)N1CCC[C@H]1c1cn2cccc(-c3ccccc3Cl)c2n1)C1CCOCC1. The molecule has 3 atom stereocenters. The van der Waals surface area contributed by atoms with E-state index in [0.29, 0.717) is 24.8 Å². The molecule has 2 aromatic heterocycles. The second kappa shape index (κ2) is 11.2. The second-order valence-electron chi connectivity index (χ2n) is 10.2. The smallest absolute Gasteiger partial charge is 0.246 e. The number of nitrogens with one attached hydrogen (secondary N) is 1. The highest BCUT2D eigenvalue weighted by molar-refractivity contribution is 6.33. The maximum absolute atomic E-state index is 14.0. The first-order chi connectivity index (χ1) is 18.0. The zero-order chi connectivity index (χ0) is 25.9. The normalized spacial score (nSPS) is 20.2. The van der Waals surface area contributed by atoms with Gasteiger partial charge < -0.3 is 19.4 Å². The molecular weight excluding hydrogens is 488 g/mol. The molecule has 37 heavy (non-hydrogen) atoms. The molecule has 4 heterocycles. The third kappa shape index (κ3) is 5.25. The predicted octanol–water partition coefficient (Wildman–Crippen LogP) is 5.28. The standard InChI is InChI=1S/C29H35ClN4O3/c1-3-19(2)28(35)32-26(20-12-16-37-17-13-20)29(36)34-15-7-11-25(34)24-18-33-14-6-9-22(27(33)31-24)21-8-4-5-10-23(21)30/h4-6,8-10,14,18-20,25-26H,3,7,11-13,15-17H2,1-2H3,(H,32,35)/t19-,25+,26+/m1/s1. The summed E-state index contributed by atoms with van der Waals surface area (Å²) in [6, 6.07) is 11.1. The molecule has 0 spiro atoms. The van der Waals surface area contributed by atoms with E-state index < -0.39 is 6.04 Å². The van der Waals surface area contributed by atoms with Crippen LogP contribution in [0.15, 0.2) is 48.8 Å². The molecule has 2 aliphatic heterocycles. The van der Waals surface area contributed by atoms with Crippen LogP contribution in [0.2, 0.25) is 5.02 Å². The lowest BCUT2D eigenvalue weighted by Crippen LogP contribution is -2.54. The number of benzene rings is 1. The number of nitrogens with zero attached hydrogens (tertiary/aromatic N) is 3. The van der Waals surface area contributed by atoms with Crippen LogP contribution in [0.4, 0.5) is 0 Å². The predicted molar refractivity (Wildman–Crippen MR) is 144 cm³/mol. The molecule has 2 fully saturated rings. The van der Waals surface area contributed by atoms with Gasteiger partial charge in [-0.25, -0.2) is 4.98 Å². The minimum absolute atomic E-state index is 0.00515. The number of likely N-dealkylation sites (tertiary alicyclic amines) is 1. The van der Waals surface area contributed by atoms with Crippen LogP contribution in [-0.2, 0) is 14.3 Å². The van der Waals surface area contributed by atoms with Gasteiger partial charge in [-0.15, -0.1) is 0 Å². The molecule has 1 aromatic carbocycles. The van der Waals surface area contributed by atoms with Gasteiger partial charge >= 0.3 is 0 Å². The van der Waals surface area contributed by atoms with E-state index in [9.17, 15) is 9.59 Å². The summed E-state index contributed by atoms with van der Waals surface area (Å²) in [6.07, 6.45) is 8.02. The number of amides is 2. The van der Waals surface area contributed by atoms with Crippen molar-refractivity contribution >= 4 is 29.1 Å². The molecule has 2 aliphatic rings. The van der Waals surface area contributed by atoms with Gasteiger partial charge in [-0.3, -0.25) is 9.59 Å². The summed E-state index contributed by atoms with van der Waals surface area (Å²) >= 11 is 6.51. The van der Waals surface area contributed by atoms with Crippen molar-refractivity contribution in [3.8, 4) is 11.1 Å². The Hall–Kier alpha value is -2.90. The van der Waals surface area contributed by atoms with E-state index in [4.69, 9.17) is 21.3 Å². The average Bonchev–Trinajstić information content (AvgIpc) is 3.59. The number of carbonyl (C=O) groups is 2. The molecule has 8 heteroatoms. The van der Waals surface area contributed by atoms with E-state index in [1.165, 1.54) is 0 Å². The average molecular weight is 523 g/mol.